The summed E-state index contributed by atoms with van der Waals surface area (Å²) in [5.74, 6) is -0.806. The van der Waals surface area contributed by atoms with Gasteiger partial charge in [-0.15, -0.1) is 0 Å². The number of rotatable bonds is 8. The minimum absolute atomic E-state index is 0.115. The van der Waals surface area contributed by atoms with Crippen molar-refractivity contribution in [3.8, 4) is 0 Å². The Hall–Kier alpha value is -3.51. The van der Waals surface area contributed by atoms with Crippen LogP contribution in [-0.2, 0) is 4.79 Å². The molecular weight excluding hydrogens is 438 g/mol. The summed E-state index contributed by atoms with van der Waals surface area (Å²) in [7, 11) is 0. The topological polar surface area (TPSA) is 87.1 Å². The summed E-state index contributed by atoms with van der Waals surface area (Å²) in [6.07, 6.45) is 3.39. The number of hydrogen-bond donors (Lipinski definition) is 3. The summed E-state index contributed by atoms with van der Waals surface area (Å²) in [6.45, 7) is 4.10. The molecule has 2 heterocycles. The van der Waals surface area contributed by atoms with Gasteiger partial charge in [-0.25, -0.2) is 0 Å². The molecule has 4 aromatic rings. The minimum atomic E-state index is -0.711. The molecule has 0 aliphatic heterocycles. The first-order valence-corrected chi connectivity index (χ1v) is 11.3. The van der Waals surface area contributed by atoms with Gasteiger partial charge in [-0.2, -0.15) is 0 Å². The van der Waals surface area contributed by atoms with Crippen molar-refractivity contribution in [3.63, 3.8) is 0 Å². The molecule has 0 radical (unpaired) electrons. The zero-order valence-electron chi connectivity index (χ0n) is 18.5. The van der Waals surface area contributed by atoms with Crippen LogP contribution in [0, 0.1) is 5.92 Å². The fourth-order valence-electron chi connectivity index (χ4n) is 4.00. The number of carbonyl (C=O) groups is 2. The highest BCUT2D eigenvalue weighted by atomic mass is 35.5. The van der Waals surface area contributed by atoms with Crippen LogP contribution in [-0.4, -0.2) is 29.4 Å². The van der Waals surface area contributed by atoms with Crippen LogP contribution in [0.4, 0.5) is 0 Å². The van der Waals surface area contributed by atoms with Crippen molar-refractivity contribution in [2.75, 3.05) is 6.54 Å². The second kappa shape index (κ2) is 9.96. The van der Waals surface area contributed by atoms with E-state index in [-0.39, 0.29) is 23.5 Å². The zero-order chi connectivity index (χ0) is 23.4. The maximum Gasteiger partial charge on any atom is 0.287 e. The summed E-state index contributed by atoms with van der Waals surface area (Å²) in [6, 6.07) is 18.2. The molecule has 0 spiro atoms. The van der Waals surface area contributed by atoms with Crippen LogP contribution in [0.1, 0.15) is 41.4 Å². The molecular formula is C26H26ClN3O3. The van der Waals surface area contributed by atoms with E-state index in [1.165, 1.54) is 6.26 Å². The van der Waals surface area contributed by atoms with Crippen LogP contribution in [0.3, 0.4) is 0 Å². The Labute approximate surface area is 197 Å². The van der Waals surface area contributed by atoms with Gasteiger partial charge in [0.2, 0.25) is 5.91 Å². The molecule has 4 rings (SSSR count). The Morgan fingerprint density at radius 2 is 1.76 bits per heavy atom. The molecule has 3 N–H and O–H groups in total. The molecule has 0 saturated carbocycles. The Kier molecular flexibility index (Phi) is 6.84. The van der Waals surface area contributed by atoms with E-state index in [0.29, 0.717) is 11.6 Å². The van der Waals surface area contributed by atoms with Crippen LogP contribution in [0.25, 0.3) is 10.9 Å². The molecule has 0 bridgehead atoms. The quantitative estimate of drug-likeness (QED) is 0.339. The Morgan fingerprint density at radius 3 is 2.48 bits per heavy atom. The highest BCUT2D eigenvalue weighted by Gasteiger charge is 2.27. The van der Waals surface area contributed by atoms with Gasteiger partial charge in [0.25, 0.3) is 5.91 Å². The van der Waals surface area contributed by atoms with Gasteiger partial charge in [0, 0.05) is 34.6 Å². The van der Waals surface area contributed by atoms with Crippen LogP contribution in [0.5, 0.6) is 0 Å². The SMILES string of the molecule is CC(C)[C@H](NC(=O)c1ccco1)C(=O)NC[C@H](c1ccccc1Cl)c1c[nH]c2ccccc12. The number of halogens is 1. The van der Waals surface area contributed by atoms with Crippen molar-refractivity contribution < 1.29 is 14.0 Å². The number of nitrogens with one attached hydrogen (secondary N) is 3. The number of H-pyrrole nitrogens is 1. The molecule has 0 unspecified atom stereocenters. The smallest absolute Gasteiger partial charge is 0.287 e. The Balaban J connectivity index is 1.58. The Morgan fingerprint density at radius 1 is 1.00 bits per heavy atom. The number of amides is 2. The van der Waals surface area contributed by atoms with E-state index >= 15 is 0 Å². The van der Waals surface area contributed by atoms with Crippen molar-refractivity contribution in [1.82, 2.24) is 15.6 Å². The highest BCUT2D eigenvalue weighted by Crippen LogP contribution is 2.34. The van der Waals surface area contributed by atoms with E-state index in [2.05, 4.69) is 15.6 Å². The van der Waals surface area contributed by atoms with Gasteiger partial charge >= 0.3 is 0 Å². The molecule has 0 fully saturated rings. The number of benzene rings is 2. The molecule has 6 nitrogen and oxygen atoms in total. The van der Waals surface area contributed by atoms with Crippen LogP contribution in [0.2, 0.25) is 5.02 Å². The molecule has 0 aliphatic carbocycles. The normalized spacial score (nSPS) is 13.1. The predicted octanol–water partition coefficient (Wildman–Crippen LogP) is 5.12. The second-order valence-electron chi connectivity index (χ2n) is 8.28. The minimum Gasteiger partial charge on any atom is -0.459 e. The van der Waals surface area contributed by atoms with Gasteiger partial charge < -0.3 is 20.0 Å². The summed E-state index contributed by atoms with van der Waals surface area (Å²) < 4.78 is 5.15. The van der Waals surface area contributed by atoms with Crippen molar-refractivity contribution in [2.45, 2.75) is 25.8 Å². The average Bonchev–Trinajstić information content (AvgIpc) is 3.49. The van der Waals surface area contributed by atoms with Crippen molar-refractivity contribution in [2.24, 2.45) is 5.92 Å². The van der Waals surface area contributed by atoms with Gasteiger partial charge in [0.05, 0.1) is 6.26 Å². The third-order valence-corrected chi connectivity index (χ3v) is 6.08. The summed E-state index contributed by atoms with van der Waals surface area (Å²) in [4.78, 5) is 28.9. The van der Waals surface area contributed by atoms with E-state index < -0.39 is 11.9 Å². The molecule has 2 amide bonds. The van der Waals surface area contributed by atoms with Gasteiger partial charge in [0.1, 0.15) is 6.04 Å². The lowest BCUT2D eigenvalue weighted by Gasteiger charge is -2.24. The standard InChI is InChI=1S/C26H26ClN3O3/c1-16(2)24(30-25(31)23-12-7-13-33-23)26(32)29-15-19(17-8-3-5-10-21(17)27)20-14-28-22-11-6-4-9-18(20)22/h3-14,16,19,24,28H,15H2,1-2H3,(H,29,32)(H,30,31)/t19-,24+/m1/s1. The van der Waals surface area contributed by atoms with Crippen LogP contribution < -0.4 is 10.6 Å². The molecule has 33 heavy (non-hydrogen) atoms. The zero-order valence-corrected chi connectivity index (χ0v) is 19.2. The van der Waals surface area contributed by atoms with Crippen LogP contribution in [0.15, 0.2) is 77.5 Å². The van der Waals surface area contributed by atoms with E-state index in [9.17, 15) is 9.59 Å². The average molecular weight is 464 g/mol. The first-order valence-electron chi connectivity index (χ1n) is 10.9. The van der Waals surface area contributed by atoms with Crippen molar-refractivity contribution in [1.29, 1.82) is 0 Å². The highest BCUT2D eigenvalue weighted by molar-refractivity contribution is 6.31. The molecule has 2 atom stereocenters. The number of fused-ring (bicyclic) bond motifs is 1. The van der Waals surface area contributed by atoms with Gasteiger partial charge in [0.15, 0.2) is 5.76 Å². The van der Waals surface area contributed by atoms with E-state index in [0.717, 1.165) is 22.0 Å². The number of carbonyl (C=O) groups excluding carboxylic acids is 2. The molecule has 2 aromatic carbocycles. The number of aromatic nitrogens is 1. The largest absolute Gasteiger partial charge is 0.459 e. The molecule has 0 aliphatic rings. The third-order valence-electron chi connectivity index (χ3n) is 5.74. The summed E-state index contributed by atoms with van der Waals surface area (Å²) in [5, 5.41) is 7.52. The lowest BCUT2D eigenvalue weighted by Crippen LogP contribution is -2.50. The fraction of sp³-hybridized carbons (Fsp3) is 0.231. The van der Waals surface area contributed by atoms with Gasteiger partial charge in [-0.1, -0.05) is 61.8 Å². The maximum absolute atomic E-state index is 13.1. The van der Waals surface area contributed by atoms with Gasteiger partial charge in [-0.05, 0) is 41.3 Å². The Bertz CT molecular complexity index is 1250. The monoisotopic (exact) mass is 463 g/mol. The number of aromatic amines is 1. The predicted molar refractivity (Wildman–Crippen MR) is 129 cm³/mol. The van der Waals surface area contributed by atoms with E-state index in [4.69, 9.17) is 16.0 Å². The molecule has 170 valence electrons. The van der Waals surface area contributed by atoms with Crippen LogP contribution >= 0.6 is 11.6 Å². The number of para-hydroxylation sites is 1. The first kappa shape index (κ1) is 22.7. The molecule has 0 saturated heterocycles. The van der Waals surface area contributed by atoms with E-state index in [1.807, 2.05) is 68.6 Å². The lowest BCUT2D eigenvalue weighted by molar-refractivity contribution is -0.123. The van der Waals surface area contributed by atoms with Crippen molar-refractivity contribution >= 4 is 34.3 Å². The summed E-state index contributed by atoms with van der Waals surface area (Å²) >= 11 is 6.55. The summed E-state index contributed by atoms with van der Waals surface area (Å²) in [5.41, 5.74) is 2.98. The molecule has 2 aromatic heterocycles. The second-order valence-corrected chi connectivity index (χ2v) is 8.69. The number of furan rings is 1. The number of hydrogen-bond acceptors (Lipinski definition) is 3. The molecule has 7 heteroatoms. The van der Waals surface area contributed by atoms with Gasteiger partial charge in [-0.3, -0.25) is 9.59 Å². The third kappa shape index (κ3) is 4.96. The lowest BCUT2D eigenvalue weighted by atomic mass is 9.90. The van der Waals surface area contributed by atoms with E-state index in [1.54, 1.807) is 12.1 Å². The first-order chi connectivity index (χ1) is 16.0. The van der Waals surface area contributed by atoms with Crippen molar-refractivity contribution in [3.05, 3.63) is 95.0 Å². The fourth-order valence-corrected chi connectivity index (χ4v) is 4.26. The maximum atomic E-state index is 13.1.